The van der Waals surface area contributed by atoms with Crippen LogP contribution in [-0.2, 0) is 9.53 Å². The second-order valence-electron chi connectivity index (χ2n) is 3.44. The van der Waals surface area contributed by atoms with Gasteiger partial charge in [0.2, 0.25) is 0 Å². The fourth-order valence-corrected chi connectivity index (χ4v) is 1.58. The summed E-state index contributed by atoms with van der Waals surface area (Å²) in [5, 5.41) is 0. The van der Waals surface area contributed by atoms with Crippen molar-refractivity contribution < 1.29 is 18.7 Å². The number of fused-ring (bicyclic) bond motifs is 1. The van der Waals surface area contributed by atoms with Gasteiger partial charge in [-0.25, -0.2) is 9.18 Å². The molecule has 0 atom stereocenters. The molecule has 3 nitrogen and oxygen atoms in total. The van der Waals surface area contributed by atoms with Crippen molar-refractivity contribution >= 4 is 12.0 Å². The van der Waals surface area contributed by atoms with E-state index >= 15 is 0 Å². The van der Waals surface area contributed by atoms with Crippen LogP contribution in [0.15, 0.2) is 23.8 Å². The van der Waals surface area contributed by atoms with E-state index in [1.165, 1.54) is 19.2 Å². The van der Waals surface area contributed by atoms with E-state index in [1.807, 2.05) is 0 Å². The van der Waals surface area contributed by atoms with Gasteiger partial charge in [-0.1, -0.05) is 0 Å². The molecule has 0 radical (unpaired) electrons. The van der Waals surface area contributed by atoms with Gasteiger partial charge < -0.3 is 9.47 Å². The molecule has 4 heteroatoms. The lowest BCUT2D eigenvalue weighted by atomic mass is 10.1. The number of ether oxygens (including phenoxy) is 2. The zero-order chi connectivity index (χ0) is 11.5. The lowest BCUT2D eigenvalue weighted by Gasteiger charge is -2.04. The van der Waals surface area contributed by atoms with Gasteiger partial charge in [-0.2, -0.15) is 0 Å². The van der Waals surface area contributed by atoms with Gasteiger partial charge in [-0.15, -0.1) is 0 Å². The van der Waals surface area contributed by atoms with Crippen LogP contribution in [0.2, 0.25) is 0 Å². The number of carbonyl (C=O) groups excluding carboxylic acids is 1. The maximum atomic E-state index is 13.0. The predicted octanol–water partition coefficient (Wildman–Crippen LogP) is 2.16. The first kappa shape index (κ1) is 10.7. The topological polar surface area (TPSA) is 35.5 Å². The maximum absolute atomic E-state index is 13.0. The zero-order valence-corrected chi connectivity index (χ0v) is 8.83. The van der Waals surface area contributed by atoms with Gasteiger partial charge in [0.05, 0.1) is 13.7 Å². The van der Waals surface area contributed by atoms with E-state index in [0.717, 1.165) is 0 Å². The molecule has 0 aromatic heterocycles. The third-order valence-corrected chi connectivity index (χ3v) is 2.38. The van der Waals surface area contributed by atoms with Crippen molar-refractivity contribution in [1.29, 1.82) is 0 Å². The van der Waals surface area contributed by atoms with E-state index in [2.05, 4.69) is 4.74 Å². The summed E-state index contributed by atoms with van der Waals surface area (Å²) in [4.78, 5) is 11.4. The predicted molar refractivity (Wildman–Crippen MR) is 56.5 cm³/mol. The van der Waals surface area contributed by atoms with Crippen molar-refractivity contribution in [2.75, 3.05) is 13.7 Å². The number of rotatable bonds is 1. The summed E-state index contributed by atoms with van der Waals surface area (Å²) in [5.41, 5.74) is 1.23. The monoisotopic (exact) mass is 222 g/mol. The molecule has 0 saturated heterocycles. The molecule has 0 N–H and O–H groups in total. The molecule has 0 aliphatic carbocycles. The van der Waals surface area contributed by atoms with Crippen LogP contribution in [0, 0.1) is 5.82 Å². The van der Waals surface area contributed by atoms with Crippen LogP contribution >= 0.6 is 0 Å². The van der Waals surface area contributed by atoms with Crippen LogP contribution in [0.1, 0.15) is 12.0 Å². The summed E-state index contributed by atoms with van der Waals surface area (Å²) in [6.07, 6.45) is 2.14. The molecule has 0 amide bonds. The van der Waals surface area contributed by atoms with Crippen molar-refractivity contribution in [3.63, 3.8) is 0 Å². The van der Waals surface area contributed by atoms with E-state index < -0.39 is 0 Å². The number of carbonyl (C=O) groups is 1. The van der Waals surface area contributed by atoms with Crippen LogP contribution in [0.3, 0.4) is 0 Å². The van der Waals surface area contributed by atoms with Crippen LogP contribution in [0.25, 0.3) is 6.08 Å². The molecule has 84 valence electrons. The minimum Gasteiger partial charge on any atom is -0.493 e. The smallest absolute Gasteiger partial charge is 0.333 e. The Morgan fingerprint density at radius 3 is 3.06 bits per heavy atom. The van der Waals surface area contributed by atoms with Crippen LogP contribution in [0.5, 0.6) is 5.75 Å². The first-order valence-electron chi connectivity index (χ1n) is 4.92. The number of esters is 1. The van der Waals surface area contributed by atoms with Crippen LogP contribution in [0.4, 0.5) is 4.39 Å². The fraction of sp³-hybridized carbons (Fsp3) is 0.250. The molecule has 0 unspecified atom stereocenters. The number of methoxy groups -OCH3 is 1. The number of halogens is 1. The normalized spacial score (nSPS) is 14.2. The largest absolute Gasteiger partial charge is 0.493 e. The Morgan fingerprint density at radius 2 is 2.31 bits per heavy atom. The van der Waals surface area contributed by atoms with Gasteiger partial charge in [0.15, 0.2) is 0 Å². The van der Waals surface area contributed by atoms with E-state index in [1.54, 1.807) is 12.1 Å². The SMILES string of the molecule is COC(=O)C1=Cc2ccc(F)cc2OCC1. The van der Waals surface area contributed by atoms with E-state index in [9.17, 15) is 9.18 Å². The highest BCUT2D eigenvalue weighted by atomic mass is 19.1. The van der Waals surface area contributed by atoms with Crippen molar-refractivity contribution in [1.82, 2.24) is 0 Å². The Labute approximate surface area is 92.5 Å². The molecule has 1 aromatic carbocycles. The number of hydrogen-bond acceptors (Lipinski definition) is 3. The molecule has 1 aliphatic heterocycles. The Hall–Kier alpha value is -1.84. The van der Waals surface area contributed by atoms with Crippen LogP contribution in [-0.4, -0.2) is 19.7 Å². The maximum Gasteiger partial charge on any atom is 0.333 e. The molecule has 1 aromatic rings. The molecule has 0 fully saturated rings. The van der Waals surface area contributed by atoms with E-state index in [4.69, 9.17) is 4.74 Å². The van der Waals surface area contributed by atoms with E-state index in [0.29, 0.717) is 29.9 Å². The molecular formula is C12H11FO3. The van der Waals surface area contributed by atoms with Crippen molar-refractivity contribution in [2.45, 2.75) is 6.42 Å². The third-order valence-electron chi connectivity index (χ3n) is 2.38. The second-order valence-corrected chi connectivity index (χ2v) is 3.44. The molecule has 16 heavy (non-hydrogen) atoms. The van der Waals surface area contributed by atoms with Crippen molar-refractivity contribution in [2.24, 2.45) is 0 Å². The summed E-state index contributed by atoms with van der Waals surface area (Å²) < 4.78 is 23.0. The minimum atomic E-state index is -0.374. The van der Waals surface area contributed by atoms with Gasteiger partial charge >= 0.3 is 5.97 Å². The molecule has 1 aliphatic rings. The Kier molecular flexibility index (Phi) is 2.90. The number of hydrogen-bond donors (Lipinski definition) is 0. The first-order chi connectivity index (χ1) is 7.70. The first-order valence-corrected chi connectivity index (χ1v) is 4.92. The highest BCUT2D eigenvalue weighted by Gasteiger charge is 2.15. The standard InChI is InChI=1S/C12H11FO3/c1-15-12(14)9-4-5-16-11-7-10(13)3-2-8(11)6-9/h2-3,6-7H,4-5H2,1H3. The van der Waals surface area contributed by atoms with Gasteiger partial charge in [-0.05, 0) is 18.2 Å². The summed E-state index contributed by atoms with van der Waals surface area (Å²) in [6, 6.07) is 4.23. The molecule has 2 rings (SSSR count). The summed E-state index contributed by atoms with van der Waals surface area (Å²) in [6.45, 7) is 0.345. The molecule has 0 spiro atoms. The minimum absolute atomic E-state index is 0.345. The van der Waals surface area contributed by atoms with Gasteiger partial charge in [0, 0.05) is 23.6 Å². The van der Waals surface area contributed by atoms with Gasteiger partial charge in [-0.3, -0.25) is 0 Å². The summed E-state index contributed by atoms with van der Waals surface area (Å²) in [5.74, 6) is -0.270. The lowest BCUT2D eigenvalue weighted by Crippen LogP contribution is -2.06. The average Bonchev–Trinajstić information content (AvgIpc) is 2.49. The second kappa shape index (κ2) is 4.35. The summed E-state index contributed by atoms with van der Waals surface area (Å²) >= 11 is 0. The third kappa shape index (κ3) is 2.05. The fourth-order valence-electron chi connectivity index (χ4n) is 1.58. The molecule has 1 heterocycles. The van der Waals surface area contributed by atoms with Crippen molar-refractivity contribution in [3.05, 3.63) is 35.2 Å². The Morgan fingerprint density at radius 1 is 1.50 bits per heavy atom. The highest BCUT2D eigenvalue weighted by molar-refractivity contribution is 5.94. The Bertz CT molecular complexity index is 452. The molecule has 0 saturated carbocycles. The van der Waals surface area contributed by atoms with E-state index in [-0.39, 0.29) is 11.8 Å². The number of benzene rings is 1. The average molecular weight is 222 g/mol. The van der Waals surface area contributed by atoms with Crippen molar-refractivity contribution in [3.8, 4) is 5.75 Å². The lowest BCUT2D eigenvalue weighted by molar-refractivity contribution is -0.136. The van der Waals surface area contributed by atoms with Gasteiger partial charge in [0.1, 0.15) is 11.6 Å². The Balaban J connectivity index is 2.40. The quantitative estimate of drug-likeness (QED) is 0.683. The summed E-state index contributed by atoms with van der Waals surface area (Å²) in [7, 11) is 1.33. The van der Waals surface area contributed by atoms with Gasteiger partial charge in [0.25, 0.3) is 0 Å². The highest BCUT2D eigenvalue weighted by Crippen LogP contribution is 2.26. The molecular weight excluding hydrogens is 211 g/mol. The van der Waals surface area contributed by atoms with Crippen LogP contribution < -0.4 is 4.74 Å². The molecule has 0 bridgehead atoms. The zero-order valence-electron chi connectivity index (χ0n) is 8.83.